The molecule has 1 aliphatic carbocycles. The maximum absolute atomic E-state index is 12.0. The van der Waals surface area contributed by atoms with Gasteiger partial charge in [0.25, 0.3) is 10.0 Å². The molecule has 5 nitrogen and oxygen atoms in total. The summed E-state index contributed by atoms with van der Waals surface area (Å²) in [6.45, 7) is 2.08. The summed E-state index contributed by atoms with van der Waals surface area (Å²) in [5, 5.41) is 4.08. The van der Waals surface area contributed by atoms with E-state index in [9.17, 15) is 8.42 Å². The minimum atomic E-state index is -3.59. The van der Waals surface area contributed by atoms with Gasteiger partial charge in [0.2, 0.25) is 0 Å². The first-order valence-corrected chi connectivity index (χ1v) is 7.91. The molecule has 1 aromatic carbocycles. The van der Waals surface area contributed by atoms with Crippen LogP contribution in [0.1, 0.15) is 32.6 Å². The van der Waals surface area contributed by atoms with Crippen LogP contribution in [0.4, 0.5) is 5.69 Å². The van der Waals surface area contributed by atoms with Gasteiger partial charge >= 0.3 is 0 Å². The number of sulfonamides is 1. The Morgan fingerprint density at radius 1 is 1.26 bits per heavy atom. The molecule has 0 bridgehead atoms. The van der Waals surface area contributed by atoms with Gasteiger partial charge in [0.05, 0.1) is 4.90 Å². The number of nitrogen functional groups attached to an aromatic ring is 1. The molecule has 1 aliphatic rings. The normalized spacial score (nSPS) is 22.4. The molecule has 19 heavy (non-hydrogen) atoms. The van der Waals surface area contributed by atoms with Gasteiger partial charge in [-0.25, -0.2) is 4.83 Å². The van der Waals surface area contributed by atoms with Crippen LogP contribution < -0.4 is 10.6 Å². The summed E-state index contributed by atoms with van der Waals surface area (Å²) in [5.41, 5.74) is 7.01. The highest BCUT2D eigenvalue weighted by atomic mass is 32.2. The number of benzene rings is 1. The highest BCUT2D eigenvalue weighted by molar-refractivity contribution is 7.89. The van der Waals surface area contributed by atoms with Gasteiger partial charge in [-0.15, -0.1) is 0 Å². The number of nitrogens with two attached hydrogens (primary N) is 1. The first kappa shape index (κ1) is 13.9. The molecular weight excluding hydrogens is 262 g/mol. The second kappa shape index (κ2) is 5.61. The average molecular weight is 281 g/mol. The van der Waals surface area contributed by atoms with Gasteiger partial charge in [-0.2, -0.15) is 13.5 Å². The smallest absolute Gasteiger partial charge is 0.276 e. The fourth-order valence-electron chi connectivity index (χ4n) is 2.15. The summed E-state index contributed by atoms with van der Waals surface area (Å²) in [4.78, 5) is 2.49. The largest absolute Gasteiger partial charge is 0.399 e. The van der Waals surface area contributed by atoms with Crippen LogP contribution in [-0.4, -0.2) is 14.1 Å². The number of hydrogen-bond acceptors (Lipinski definition) is 4. The van der Waals surface area contributed by atoms with Crippen LogP contribution in [0.25, 0.3) is 0 Å². The Hall–Kier alpha value is -1.56. The number of hydrogen-bond donors (Lipinski definition) is 2. The zero-order chi connectivity index (χ0) is 13.9. The lowest BCUT2D eigenvalue weighted by molar-refractivity contribution is 0.552. The van der Waals surface area contributed by atoms with Gasteiger partial charge in [0, 0.05) is 11.4 Å². The van der Waals surface area contributed by atoms with Crippen molar-refractivity contribution in [2.45, 2.75) is 37.5 Å². The quantitative estimate of drug-likeness (QED) is 0.657. The second-order valence-corrected chi connectivity index (χ2v) is 6.57. The molecule has 0 heterocycles. The van der Waals surface area contributed by atoms with E-state index in [1.54, 1.807) is 12.1 Å². The third kappa shape index (κ3) is 3.47. The van der Waals surface area contributed by atoms with Gasteiger partial charge < -0.3 is 5.73 Å². The fraction of sp³-hybridized carbons (Fsp3) is 0.462. The molecule has 2 rings (SSSR count). The SMILES string of the molecule is C[C@H]1CCCC/C1=N/NS(=O)(=O)c1ccc(N)cc1. The Morgan fingerprint density at radius 2 is 1.95 bits per heavy atom. The number of hydrazone groups is 1. The lowest BCUT2D eigenvalue weighted by Crippen LogP contribution is -2.24. The van der Waals surface area contributed by atoms with E-state index in [1.807, 2.05) is 0 Å². The lowest BCUT2D eigenvalue weighted by Gasteiger charge is -2.19. The van der Waals surface area contributed by atoms with E-state index in [1.165, 1.54) is 18.6 Å². The molecule has 0 radical (unpaired) electrons. The van der Waals surface area contributed by atoms with Gasteiger partial charge in [-0.1, -0.05) is 13.3 Å². The molecule has 1 atom stereocenters. The number of nitrogens with zero attached hydrogens (tertiary/aromatic N) is 1. The topological polar surface area (TPSA) is 84.5 Å². The van der Waals surface area contributed by atoms with Crippen LogP contribution in [0.2, 0.25) is 0 Å². The van der Waals surface area contributed by atoms with Crippen molar-refractivity contribution in [2.75, 3.05) is 5.73 Å². The molecule has 0 saturated heterocycles. The van der Waals surface area contributed by atoms with Crippen molar-refractivity contribution in [1.82, 2.24) is 4.83 Å². The van der Waals surface area contributed by atoms with Crippen LogP contribution in [-0.2, 0) is 10.0 Å². The molecule has 0 unspecified atom stereocenters. The predicted octanol–water partition coefficient (Wildman–Crippen LogP) is 2.11. The summed E-state index contributed by atoms with van der Waals surface area (Å²) < 4.78 is 24.1. The van der Waals surface area contributed by atoms with Crippen molar-refractivity contribution < 1.29 is 8.42 Å². The molecule has 1 aromatic rings. The van der Waals surface area contributed by atoms with Gasteiger partial charge in [-0.3, -0.25) is 0 Å². The van der Waals surface area contributed by atoms with Gasteiger partial charge in [-0.05, 0) is 49.4 Å². The first-order chi connectivity index (χ1) is 8.99. The predicted molar refractivity (Wildman–Crippen MR) is 76.2 cm³/mol. The maximum atomic E-state index is 12.0. The van der Waals surface area contributed by atoms with Crippen molar-refractivity contribution in [3.8, 4) is 0 Å². The van der Waals surface area contributed by atoms with Crippen LogP contribution >= 0.6 is 0 Å². The minimum Gasteiger partial charge on any atom is -0.399 e. The van der Waals surface area contributed by atoms with Gasteiger partial charge in [0.1, 0.15) is 0 Å². The second-order valence-electron chi connectivity index (χ2n) is 4.91. The summed E-state index contributed by atoms with van der Waals surface area (Å²) >= 11 is 0. The Kier molecular flexibility index (Phi) is 4.09. The summed E-state index contributed by atoms with van der Waals surface area (Å²) in [6.07, 6.45) is 4.20. The van der Waals surface area contributed by atoms with Crippen LogP contribution in [0.5, 0.6) is 0 Å². The van der Waals surface area contributed by atoms with Crippen molar-refractivity contribution in [3.05, 3.63) is 24.3 Å². The van der Waals surface area contributed by atoms with E-state index < -0.39 is 10.0 Å². The maximum Gasteiger partial charge on any atom is 0.276 e. The highest BCUT2D eigenvalue weighted by Gasteiger charge is 2.18. The van der Waals surface area contributed by atoms with Crippen LogP contribution in [0.3, 0.4) is 0 Å². The van der Waals surface area contributed by atoms with Crippen molar-refractivity contribution >= 4 is 21.4 Å². The van der Waals surface area contributed by atoms with E-state index in [-0.39, 0.29) is 4.90 Å². The zero-order valence-corrected chi connectivity index (χ0v) is 11.8. The molecule has 104 valence electrons. The standard InChI is InChI=1S/C13H19N3O2S/c1-10-4-2-3-5-13(10)15-16-19(17,18)12-8-6-11(14)7-9-12/h6-10,16H,2-5,14H2,1H3/b15-13-/t10-/m0/s1. The lowest BCUT2D eigenvalue weighted by atomic mass is 9.89. The van der Waals surface area contributed by atoms with Gasteiger partial charge in [0.15, 0.2) is 0 Å². The van der Waals surface area contributed by atoms with E-state index in [2.05, 4.69) is 16.9 Å². The molecule has 0 spiro atoms. The molecule has 3 N–H and O–H groups in total. The van der Waals surface area contributed by atoms with E-state index in [0.717, 1.165) is 25.0 Å². The highest BCUT2D eigenvalue weighted by Crippen LogP contribution is 2.21. The number of nitrogens with one attached hydrogen (secondary N) is 1. The van der Waals surface area contributed by atoms with Crippen molar-refractivity contribution in [3.63, 3.8) is 0 Å². The number of anilines is 1. The van der Waals surface area contributed by atoms with E-state index >= 15 is 0 Å². The Labute approximate surface area is 113 Å². The van der Waals surface area contributed by atoms with E-state index in [0.29, 0.717) is 11.6 Å². The molecule has 1 fully saturated rings. The van der Waals surface area contributed by atoms with Crippen LogP contribution in [0.15, 0.2) is 34.3 Å². The summed E-state index contributed by atoms with van der Waals surface area (Å²) in [6, 6.07) is 6.07. The first-order valence-electron chi connectivity index (χ1n) is 6.43. The number of rotatable bonds is 3. The minimum absolute atomic E-state index is 0.175. The molecule has 0 amide bonds. The molecule has 0 aromatic heterocycles. The van der Waals surface area contributed by atoms with Crippen molar-refractivity contribution in [2.24, 2.45) is 11.0 Å². The zero-order valence-electron chi connectivity index (χ0n) is 11.0. The van der Waals surface area contributed by atoms with Crippen molar-refractivity contribution in [1.29, 1.82) is 0 Å². The summed E-state index contributed by atoms with van der Waals surface area (Å²) in [7, 11) is -3.59. The summed E-state index contributed by atoms with van der Waals surface area (Å²) in [5.74, 6) is 0.350. The monoisotopic (exact) mass is 281 g/mol. The van der Waals surface area contributed by atoms with E-state index in [4.69, 9.17) is 5.73 Å². The molecule has 1 saturated carbocycles. The average Bonchev–Trinajstić information content (AvgIpc) is 2.38. The fourth-order valence-corrected chi connectivity index (χ4v) is 2.99. The Balaban J connectivity index is 2.13. The Bertz CT molecular complexity index is 564. The molecular formula is C13H19N3O2S. The third-order valence-electron chi connectivity index (χ3n) is 3.39. The third-order valence-corrected chi connectivity index (χ3v) is 4.61. The molecule has 6 heteroatoms. The van der Waals surface area contributed by atoms with Crippen LogP contribution in [0, 0.1) is 5.92 Å². The Morgan fingerprint density at radius 3 is 2.58 bits per heavy atom. The molecule has 0 aliphatic heterocycles.